The van der Waals surface area contributed by atoms with Crippen molar-refractivity contribution in [3.05, 3.63) is 107 Å². The Balaban J connectivity index is 1.72. The zero-order valence-corrected chi connectivity index (χ0v) is 22.3. The molecule has 11 nitrogen and oxygen atoms in total. The third kappa shape index (κ3) is 5.31. The maximum absolute atomic E-state index is 14.3. The molecule has 40 heavy (non-hydrogen) atoms. The minimum atomic E-state index is -3.52. The number of nitrogens with zero attached hydrogens (tertiary/aromatic N) is 5. The molecule has 1 atom stereocenters. The second kappa shape index (κ2) is 10.5. The molecule has 0 spiro atoms. The first-order chi connectivity index (χ1) is 19.1. The van der Waals surface area contributed by atoms with Crippen LogP contribution in [0.2, 0.25) is 0 Å². The molecule has 0 amide bonds. The van der Waals surface area contributed by atoms with Crippen LogP contribution in [0.5, 0.6) is 0 Å². The van der Waals surface area contributed by atoms with E-state index in [4.69, 9.17) is 12.3 Å². The van der Waals surface area contributed by atoms with Crippen molar-refractivity contribution in [2.75, 3.05) is 22.0 Å². The second-order valence-electron chi connectivity index (χ2n) is 9.09. The van der Waals surface area contributed by atoms with E-state index in [1.54, 1.807) is 22.9 Å². The number of anilines is 3. The summed E-state index contributed by atoms with van der Waals surface area (Å²) in [5, 5.41) is 4.33. The van der Waals surface area contributed by atoms with Crippen LogP contribution in [0.15, 0.2) is 84.0 Å². The summed E-state index contributed by atoms with van der Waals surface area (Å²) in [7, 11) is -3.52. The van der Waals surface area contributed by atoms with E-state index in [2.05, 4.69) is 29.8 Å². The van der Waals surface area contributed by atoms with E-state index in [1.165, 1.54) is 12.4 Å². The van der Waals surface area contributed by atoms with Gasteiger partial charge in [0.25, 0.3) is 5.56 Å². The molecule has 0 saturated heterocycles. The highest BCUT2D eigenvalue weighted by Gasteiger charge is 2.20. The number of nitrogen functional groups attached to an aromatic ring is 1. The average molecular weight is 553 g/mol. The third-order valence-corrected chi connectivity index (χ3v) is 6.75. The molecule has 3 aromatic heterocycles. The van der Waals surface area contributed by atoms with E-state index in [0.717, 1.165) is 6.26 Å². The summed E-state index contributed by atoms with van der Waals surface area (Å²) in [6.45, 7) is 9.32. The van der Waals surface area contributed by atoms with Crippen LogP contribution in [0, 0.1) is 6.57 Å². The topological polar surface area (TPSA) is 149 Å². The quantitative estimate of drug-likeness (QED) is 0.250. The number of hydrogen-bond donors (Lipinski definition) is 3. The Hall–Kier alpha value is -5.28. The fourth-order valence-corrected chi connectivity index (χ4v) is 5.04. The van der Waals surface area contributed by atoms with E-state index in [1.807, 2.05) is 55.5 Å². The van der Waals surface area contributed by atoms with Crippen LogP contribution in [0.1, 0.15) is 18.7 Å². The van der Waals surface area contributed by atoms with Gasteiger partial charge in [0.1, 0.15) is 5.82 Å². The van der Waals surface area contributed by atoms with Crippen LogP contribution in [-0.4, -0.2) is 34.2 Å². The molecule has 200 valence electrons. The molecule has 3 heterocycles. The molecule has 5 aromatic rings. The van der Waals surface area contributed by atoms with Gasteiger partial charge in [0.15, 0.2) is 0 Å². The van der Waals surface area contributed by atoms with Crippen LogP contribution >= 0.6 is 0 Å². The molecular weight excluding hydrogens is 528 g/mol. The van der Waals surface area contributed by atoms with Crippen molar-refractivity contribution >= 4 is 43.9 Å². The summed E-state index contributed by atoms with van der Waals surface area (Å²) in [6.07, 6.45) is 5.39. The number of sulfonamides is 1. The lowest BCUT2D eigenvalue weighted by molar-refractivity contribution is 0.607. The van der Waals surface area contributed by atoms with Crippen molar-refractivity contribution < 1.29 is 8.42 Å². The Bertz CT molecular complexity index is 1950. The van der Waals surface area contributed by atoms with E-state index in [0.29, 0.717) is 33.3 Å². The van der Waals surface area contributed by atoms with Gasteiger partial charge in [-0.2, -0.15) is 0 Å². The minimum Gasteiger partial charge on any atom is -0.371 e. The molecule has 0 bridgehead atoms. The number of benzene rings is 2. The van der Waals surface area contributed by atoms with Crippen molar-refractivity contribution in [3.63, 3.8) is 0 Å². The van der Waals surface area contributed by atoms with Crippen LogP contribution in [0.25, 0.3) is 32.4 Å². The molecule has 0 unspecified atom stereocenters. The molecule has 0 aliphatic carbocycles. The zero-order chi connectivity index (χ0) is 28.4. The monoisotopic (exact) mass is 552 g/mol. The summed E-state index contributed by atoms with van der Waals surface area (Å²) >= 11 is 0. The Labute approximate surface area is 230 Å². The largest absolute Gasteiger partial charge is 0.371 e. The van der Waals surface area contributed by atoms with Crippen LogP contribution < -0.4 is 21.3 Å². The normalized spacial score (nSPS) is 12.0. The summed E-state index contributed by atoms with van der Waals surface area (Å²) in [5.74, 6) is 0.282. The molecule has 4 N–H and O–H groups in total. The van der Waals surface area contributed by atoms with Gasteiger partial charge in [-0.05, 0) is 42.1 Å². The van der Waals surface area contributed by atoms with Crippen LogP contribution in [-0.2, 0) is 10.0 Å². The SMILES string of the molecule is [C-]#[N+]c1cnc(N)nc1N[C@@H](C)c1cc2cccc(-c3cncc(NS(C)(=O)=O)c3)c2c(=O)n1-c1ccccc1. The molecule has 0 aliphatic heterocycles. The van der Waals surface area contributed by atoms with Gasteiger partial charge < -0.3 is 11.1 Å². The van der Waals surface area contributed by atoms with Gasteiger partial charge in [0, 0.05) is 29.3 Å². The number of hydrogen-bond acceptors (Lipinski definition) is 8. The van der Waals surface area contributed by atoms with E-state index in [-0.39, 0.29) is 28.7 Å². The van der Waals surface area contributed by atoms with Gasteiger partial charge in [-0.15, -0.1) is 0 Å². The van der Waals surface area contributed by atoms with E-state index < -0.39 is 16.1 Å². The van der Waals surface area contributed by atoms with Gasteiger partial charge in [-0.1, -0.05) is 36.4 Å². The first kappa shape index (κ1) is 26.3. The summed E-state index contributed by atoms with van der Waals surface area (Å²) < 4.78 is 27.6. The minimum absolute atomic E-state index is 0.0203. The zero-order valence-electron chi connectivity index (χ0n) is 21.5. The maximum atomic E-state index is 14.3. The highest BCUT2D eigenvalue weighted by molar-refractivity contribution is 7.92. The molecule has 12 heteroatoms. The number of fused-ring (bicyclic) bond motifs is 1. The fraction of sp³-hybridized carbons (Fsp3) is 0.107. The van der Waals surface area contributed by atoms with Crippen molar-refractivity contribution in [1.82, 2.24) is 19.5 Å². The molecular formula is C28H24N8O3S. The smallest absolute Gasteiger partial charge is 0.263 e. The molecule has 2 aromatic carbocycles. The summed E-state index contributed by atoms with van der Waals surface area (Å²) in [6, 6.07) is 17.7. The lowest BCUT2D eigenvalue weighted by Crippen LogP contribution is -2.26. The Morgan fingerprint density at radius 2 is 1.82 bits per heavy atom. The average Bonchev–Trinajstić information content (AvgIpc) is 2.92. The summed E-state index contributed by atoms with van der Waals surface area (Å²) in [5.41, 5.74) is 8.42. The lowest BCUT2D eigenvalue weighted by Gasteiger charge is -2.22. The Kier molecular flexibility index (Phi) is 6.89. The molecule has 0 saturated carbocycles. The van der Waals surface area contributed by atoms with Crippen molar-refractivity contribution in [1.29, 1.82) is 0 Å². The number of para-hydroxylation sites is 1. The molecule has 0 fully saturated rings. The van der Waals surface area contributed by atoms with Crippen molar-refractivity contribution in [2.45, 2.75) is 13.0 Å². The number of aromatic nitrogens is 4. The van der Waals surface area contributed by atoms with Gasteiger partial charge in [0.2, 0.25) is 21.7 Å². The summed E-state index contributed by atoms with van der Waals surface area (Å²) in [4.78, 5) is 30.0. The number of pyridine rings is 2. The highest BCUT2D eigenvalue weighted by Crippen LogP contribution is 2.32. The Morgan fingerprint density at radius 1 is 1.05 bits per heavy atom. The van der Waals surface area contributed by atoms with Gasteiger partial charge in [-0.25, -0.2) is 23.2 Å². The van der Waals surface area contributed by atoms with Crippen LogP contribution in [0.4, 0.5) is 23.1 Å². The van der Waals surface area contributed by atoms with Gasteiger partial charge >= 0.3 is 0 Å². The van der Waals surface area contributed by atoms with E-state index in [9.17, 15) is 13.2 Å². The van der Waals surface area contributed by atoms with Gasteiger partial charge in [-0.3, -0.25) is 19.1 Å². The first-order valence-corrected chi connectivity index (χ1v) is 14.0. The van der Waals surface area contributed by atoms with Crippen LogP contribution in [0.3, 0.4) is 0 Å². The molecule has 0 aliphatic rings. The third-order valence-electron chi connectivity index (χ3n) is 6.15. The van der Waals surface area contributed by atoms with Crippen molar-refractivity contribution in [3.8, 4) is 16.8 Å². The first-order valence-electron chi connectivity index (χ1n) is 12.1. The number of nitrogens with one attached hydrogen (secondary N) is 2. The predicted octanol–water partition coefficient (Wildman–Crippen LogP) is 4.52. The standard InChI is InChI=1S/C28H24N8O3S/c1-17(33-26-23(30-2)16-32-28(29)34-26)24-13-18-8-7-11-22(19-12-20(15-31-14-19)35-40(3,38)39)25(18)27(37)36(24)21-9-5-4-6-10-21/h4-17,35H,1,3H3,(H3,29,32,33,34)/t17-/m0/s1. The van der Waals surface area contributed by atoms with Gasteiger partial charge in [0.05, 0.1) is 36.1 Å². The fourth-order valence-electron chi connectivity index (χ4n) is 4.50. The number of nitrogens with two attached hydrogens (primary N) is 1. The van der Waals surface area contributed by atoms with E-state index >= 15 is 0 Å². The molecule has 0 radical (unpaired) electrons. The predicted molar refractivity (Wildman–Crippen MR) is 156 cm³/mol. The maximum Gasteiger partial charge on any atom is 0.263 e. The molecule has 5 rings (SSSR count). The highest BCUT2D eigenvalue weighted by atomic mass is 32.2. The second-order valence-corrected chi connectivity index (χ2v) is 10.8. The lowest BCUT2D eigenvalue weighted by atomic mass is 9.98. The number of rotatable bonds is 7. The van der Waals surface area contributed by atoms with Crippen molar-refractivity contribution in [2.24, 2.45) is 0 Å². The Morgan fingerprint density at radius 3 is 2.55 bits per heavy atom.